The Balaban J connectivity index is 2.13. The van der Waals surface area contributed by atoms with E-state index in [9.17, 15) is 18.0 Å². The van der Waals surface area contributed by atoms with Crippen LogP contribution in [0.15, 0.2) is 30.3 Å². The van der Waals surface area contributed by atoms with Gasteiger partial charge in [0.05, 0.1) is 11.8 Å². The fraction of sp³-hybridized carbons (Fsp3) is 0.500. The van der Waals surface area contributed by atoms with E-state index in [0.717, 1.165) is 5.56 Å². The van der Waals surface area contributed by atoms with E-state index in [0.29, 0.717) is 19.3 Å². The van der Waals surface area contributed by atoms with Gasteiger partial charge in [0.25, 0.3) is 0 Å². The van der Waals surface area contributed by atoms with Crippen molar-refractivity contribution in [2.24, 2.45) is 0 Å². The Kier molecular flexibility index (Phi) is 5.76. The topological polar surface area (TPSA) is 101 Å². The maximum absolute atomic E-state index is 12.4. The van der Waals surface area contributed by atoms with E-state index in [1.165, 1.54) is 0 Å². The molecule has 23 heavy (non-hydrogen) atoms. The number of nitrogens with one attached hydrogen (secondary N) is 1. The van der Waals surface area contributed by atoms with Gasteiger partial charge < -0.3 is 10.4 Å². The van der Waals surface area contributed by atoms with Gasteiger partial charge in [0, 0.05) is 6.42 Å². The van der Waals surface area contributed by atoms with Crippen molar-refractivity contribution in [1.82, 2.24) is 5.32 Å². The summed E-state index contributed by atoms with van der Waals surface area (Å²) in [5.41, 5.74) is 0.773. The summed E-state index contributed by atoms with van der Waals surface area (Å²) in [7, 11) is -3.41. The monoisotopic (exact) mass is 339 g/mol. The number of aliphatic carboxylic acids is 1. The van der Waals surface area contributed by atoms with Crippen molar-refractivity contribution in [1.29, 1.82) is 0 Å². The minimum absolute atomic E-state index is 0.0379. The summed E-state index contributed by atoms with van der Waals surface area (Å²) >= 11 is 0. The van der Waals surface area contributed by atoms with Crippen LogP contribution in [0.2, 0.25) is 0 Å². The van der Waals surface area contributed by atoms with E-state index in [1.54, 1.807) is 24.3 Å². The van der Waals surface area contributed by atoms with Crippen LogP contribution in [0.25, 0.3) is 0 Å². The number of carbonyl (C=O) groups excluding carboxylic acids is 1. The van der Waals surface area contributed by atoms with Gasteiger partial charge in [-0.2, -0.15) is 0 Å². The minimum atomic E-state index is -3.41. The summed E-state index contributed by atoms with van der Waals surface area (Å²) < 4.78 is 24.1. The highest BCUT2D eigenvalue weighted by Crippen LogP contribution is 2.23. The zero-order chi connectivity index (χ0) is 16.9. The third-order valence-electron chi connectivity index (χ3n) is 4.04. The first kappa shape index (κ1) is 17.5. The number of hydrogen-bond acceptors (Lipinski definition) is 4. The van der Waals surface area contributed by atoms with E-state index >= 15 is 0 Å². The van der Waals surface area contributed by atoms with Gasteiger partial charge in [-0.3, -0.25) is 9.59 Å². The van der Waals surface area contributed by atoms with Crippen molar-refractivity contribution in [3.63, 3.8) is 0 Å². The number of sulfone groups is 1. The van der Waals surface area contributed by atoms with Crippen LogP contribution in [0.3, 0.4) is 0 Å². The molecule has 0 spiro atoms. The lowest BCUT2D eigenvalue weighted by Crippen LogP contribution is -2.44. The second-order valence-corrected chi connectivity index (χ2v) is 8.06. The molecule has 1 amide bonds. The molecule has 0 bridgehead atoms. The van der Waals surface area contributed by atoms with Crippen LogP contribution in [0.4, 0.5) is 0 Å². The van der Waals surface area contributed by atoms with Gasteiger partial charge in [0.15, 0.2) is 9.84 Å². The summed E-state index contributed by atoms with van der Waals surface area (Å²) in [6, 6.07) is 8.51. The molecule has 2 rings (SSSR count). The van der Waals surface area contributed by atoms with Gasteiger partial charge in [-0.25, -0.2) is 8.42 Å². The van der Waals surface area contributed by atoms with Crippen molar-refractivity contribution >= 4 is 21.7 Å². The highest BCUT2D eigenvalue weighted by Gasteiger charge is 2.35. The molecule has 1 fully saturated rings. The van der Waals surface area contributed by atoms with E-state index in [4.69, 9.17) is 5.11 Å². The SMILES string of the molecule is O=C(O)CCC(NC(=O)C1CCCCS1(=O)=O)c1ccccc1. The molecule has 2 N–H and O–H groups in total. The van der Waals surface area contributed by atoms with E-state index < -0.39 is 33.0 Å². The summed E-state index contributed by atoms with van der Waals surface area (Å²) in [6.07, 6.45) is 1.75. The third-order valence-corrected chi connectivity index (χ3v) is 6.21. The Morgan fingerprint density at radius 1 is 1.22 bits per heavy atom. The lowest BCUT2D eigenvalue weighted by molar-refractivity contribution is -0.137. The van der Waals surface area contributed by atoms with Crippen molar-refractivity contribution in [3.8, 4) is 0 Å². The first-order valence-corrected chi connectivity index (χ1v) is 9.40. The van der Waals surface area contributed by atoms with Gasteiger partial charge >= 0.3 is 5.97 Å². The summed E-state index contributed by atoms with van der Waals surface area (Å²) in [5.74, 6) is -1.44. The minimum Gasteiger partial charge on any atom is -0.481 e. The lowest BCUT2D eigenvalue weighted by atomic mass is 10.0. The van der Waals surface area contributed by atoms with Crippen LogP contribution in [-0.2, 0) is 19.4 Å². The highest BCUT2D eigenvalue weighted by molar-refractivity contribution is 7.92. The molecular weight excluding hydrogens is 318 g/mol. The maximum atomic E-state index is 12.4. The number of hydrogen-bond donors (Lipinski definition) is 2. The molecule has 1 saturated heterocycles. The fourth-order valence-electron chi connectivity index (χ4n) is 2.79. The quantitative estimate of drug-likeness (QED) is 0.821. The molecule has 0 aliphatic carbocycles. The molecule has 7 heteroatoms. The second kappa shape index (κ2) is 7.59. The third kappa shape index (κ3) is 4.79. The number of carbonyl (C=O) groups is 2. The van der Waals surface area contributed by atoms with Crippen molar-refractivity contribution in [3.05, 3.63) is 35.9 Å². The van der Waals surface area contributed by atoms with Crippen LogP contribution < -0.4 is 5.32 Å². The average Bonchev–Trinajstić information content (AvgIpc) is 2.51. The molecule has 2 atom stereocenters. The van der Waals surface area contributed by atoms with Crippen LogP contribution in [0.1, 0.15) is 43.7 Å². The molecule has 126 valence electrons. The van der Waals surface area contributed by atoms with E-state index in [-0.39, 0.29) is 18.6 Å². The zero-order valence-corrected chi connectivity index (χ0v) is 13.6. The van der Waals surface area contributed by atoms with E-state index in [1.807, 2.05) is 6.07 Å². The average molecular weight is 339 g/mol. The van der Waals surface area contributed by atoms with Gasteiger partial charge in [-0.1, -0.05) is 36.8 Å². The molecule has 2 unspecified atom stereocenters. The lowest BCUT2D eigenvalue weighted by Gasteiger charge is -2.25. The molecule has 1 aromatic carbocycles. The molecule has 0 aromatic heterocycles. The molecule has 0 radical (unpaired) electrons. The number of carboxylic acid groups (broad SMARTS) is 1. The van der Waals surface area contributed by atoms with Gasteiger partial charge in [-0.15, -0.1) is 0 Å². The second-order valence-electron chi connectivity index (χ2n) is 5.76. The molecular formula is C16H21NO5S. The number of rotatable bonds is 6. The summed E-state index contributed by atoms with van der Waals surface area (Å²) in [6.45, 7) is 0. The predicted molar refractivity (Wildman–Crippen MR) is 85.6 cm³/mol. The largest absolute Gasteiger partial charge is 0.481 e. The smallest absolute Gasteiger partial charge is 0.303 e. The molecule has 1 heterocycles. The van der Waals surface area contributed by atoms with Crippen molar-refractivity contribution in [2.45, 2.75) is 43.4 Å². The molecule has 1 aromatic rings. The first-order chi connectivity index (χ1) is 10.9. The van der Waals surface area contributed by atoms with Gasteiger partial charge in [-0.05, 0) is 24.8 Å². The maximum Gasteiger partial charge on any atom is 0.303 e. The molecule has 1 aliphatic rings. The Morgan fingerprint density at radius 3 is 2.52 bits per heavy atom. The Morgan fingerprint density at radius 2 is 1.91 bits per heavy atom. The van der Waals surface area contributed by atoms with Gasteiger partial charge in [0.2, 0.25) is 5.91 Å². The van der Waals surface area contributed by atoms with Crippen LogP contribution in [0, 0.1) is 0 Å². The Labute approximate surface area is 135 Å². The van der Waals surface area contributed by atoms with Crippen LogP contribution >= 0.6 is 0 Å². The highest BCUT2D eigenvalue weighted by atomic mass is 32.2. The number of benzene rings is 1. The van der Waals surface area contributed by atoms with Crippen molar-refractivity contribution < 1.29 is 23.1 Å². The number of amides is 1. The normalized spacial score (nSPS) is 21.3. The van der Waals surface area contributed by atoms with Crippen LogP contribution in [-0.4, -0.2) is 36.4 Å². The van der Waals surface area contributed by atoms with Crippen LogP contribution in [0.5, 0.6) is 0 Å². The van der Waals surface area contributed by atoms with Crippen molar-refractivity contribution in [2.75, 3.05) is 5.75 Å². The Bertz CT molecular complexity index is 656. The molecule has 0 saturated carbocycles. The van der Waals surface area contributed by atoms with E-state index in [2.05, 4.69) is 5.32 Å². The summed E-state index contributed by atoms with van der Waals surface area (Å²) in [5, 5.41) is 10.6. The first-order valence-electron chi connectivity index (χ1n) is 7.69. The van der Waals surface area contributed by atoms with Gasteiger partial charge in [0.1, 0.15) is 5.25 Å². The molecule has 6 nitrogen and oxygen atoms in total. The summed E-state index contributed by atoms with van der Waals surface area (Å²) in [4.78, 5) is 23.2. The fourth-order valence-corrected chi connectivity index (χ4v) is 4.60. The standard InChI is InChI=1S/C16H21NO5S/c18-15(19)10-9-13(12-6-2-1-3-7-12)17-16(20)14-8-4-5-11-23(14,21)22/h1-3,6-7,13-14H,4-5,8-11H2,(H,17,20)(H,18,19). The Hall–Kier alpha value is -1.89. The predicted octanol–water partition coefficient (Wildman–Crippen LogP) is 1.68. The number of carboxylic acids is 1. The molecule has 1 aliphatic heterocycles. The zero-order valence-electron chi connectivity index (χ0n) is 12.8.